The molecular formula is C17H18F2N2O2. The van der Waals surface area contributed by atoms with E-state index in [1.165, 1.54) is 0 Å². The van der Waals surface area contributed by atoms with Crippen LogP contribution in [0.2, 0.25) is 0 Å². The first-order valence-corrected chi connectivity index (χ1v) is 7.04. The standard InChI is InChI=1S/C17H18F2N2O2/c1-21(10-12-3-6-14(23-2)7-4-12)11-17(22)20-16-9-13(18)5-8-15(16)19/h3-9H,10-11H2,1-2H3,(H,20,22). The fraction of sp³-hybridized carbons (Fsp3) is 0.235. The van der Waals surface area contributed by atoms with Crippen molar-refractivity contribution in [1.82, 2.24) is 4.90 Å². The molecule has 0 bridgehead atoms. The highest BCUT2D eigenvalue weighted by Gasteiger charge is 2.11. The number of carbonyl (C=O) groups is 1. The molecule has 2 aromatic rings. The predicted molar refractivity (Wildman–Crippen MR) is 84.3 cm³/mol. The molecule has 0 atom stereocenters. The molecule has 0 saturated heterocycles. The predicted octanol–water partition coefficient (Wildman–Crippen LogP) is 3.04. The van der Waals surface area contributed by atoms with Crippen LogP contribution in [0.15, 0.2) is 42.5 Å². The van der Waals surface area contributed by atoms with E-state index >= 15 is 0 Å². The lowest BCUT2D eigenvalue weighted by molar-refractivity contribution is -0.117. The number of benzene rings is 2. The normalized spacial score (nSPS) is 10.7. The molecule has 0 spiro atoms. The number of nitrogens with zero attached hydrogens (tertiary/aromatic N) is 1. The smallest absolute Gasteiger partial charge is 0.238 e. The fourth-order valence-corrected chi connectivity index (χ4v) is 2.13. The highest BCUT2D eigenvalue weighted by atomic mass is 19.1. The molecule has 0 saturated carbocycles. The van der Waals surface area contributed by atoms with Gasteiger partial charge in [0.05, 0.1) is 19.3 Å². The van der Waals surface area contributed by atoms with Crippen LogP contribution in [0.4, 0.5) is 14.5 Å². The number of carbonyl (C=O) groups excluding carboxylic acids is 1. The van der Waals surface area contributed by atoms with Gasteiger partial charge in [-0.2, -0.15) is 0 Å². The van der Waals surface area contributed by atoms with Crippen molar-refractivity contribution in [3.63, 3.8) is 0 Å². The van der Waals surface area contributed by atoms with Crippen molar-refractivity contribution in [3.8, 4) is 5.75 Å². The molecule has 0 heterocycles. The van der Waals surface area contributed by atoms with Gasteiger partial charge >= 0.3 is 0 Å². The molecule has 0 aliphatic heterocycles. The second kappa shape index (κ2) is 7.69. The quantitative estimate of drug-likeness (QED) is 0.889. The Balaban J connectivity index is 1.90. The van der Waals surface area contributed by atoms with E-state index in [2.05, 4.69) is 5.32 Å². The van der Waals surface area contributed by atoms with Gasteiger partial charge in [-0.05, 0) is 36.9 Å². The third-order valence-electron chi connectivity index (χ3n) is 3.23. The third kappa shape index (κ3) is 5.03. The Morgan fingerprint density at radius 1 is 1.17 bits per heavy atom. The summed E-state index contributed by atoms with van der Waals surface area (Å²) < 4.78 is 31.6. The van der Waals surface area contributed by atoms with E-state index in [4.69, 9.17) is 4.74 Å². The van der Waals surface area contributed by atoms with E-state index in [0.717, 1.165) is 29.5 Å². The van der Waals surface area contributed by atoms with Gasteiger partial charge in [0.2, 0.25) is 5.91 Å². The molecule has 4 nitrogen and oxygen atoms in total. The van der Waals surface area contributed by atoms with Crippen LogP contribution in [-0.4, -0.2) is 31.5 Å². The van der Waals surface area contributed by atoms with Crippen molar-refractivity contribution in [2.45, 2.75) is 6.54 Å². The van der Waals surface area contributed by atoms with Gasteiger partial charge in [0.1, 0.15) is 17.4 Å². The largest absolute Gasteiger partial charge is 0.497 e. The minimum Gasteiger partial charge on any atom is -0.497 e. The maximum absolute atomic E-state index is 13.5. The molecule has 0 aliphatic carbocycles. The molecule has 2 rings (SSSR count). The highest BCUT2D eigenvalue weighted by Crippen LogP contribution is 2.15. The number of likely N-dealkylation sites (N-methyl/N-ethyl adjacent to an activating group) is 1. The molecule has 0 radical (unpaired) electrons. The zero-order valence-corrected chi connectivity index (χ0v) is 13.0. The first-order chi connectivity index (χ1) is 11.0. The van der Waals surface area contributed by atoms with Crippen molar-refractivity contribution in [2.24, 2.45) is 0 Å². The van der Waals surface area contributed by atoms with Crippen LogP contribution in [0.5, 0.6) is 5.75 Å². The minimum absolute atomic E-state index is 0.0575. The Labute approximate surface area is 133 Å². The maximum atomic E-state index is 13.5. The lowest BCUT2D eigenvalue weighted by Gasteiger charge is -2.16. The van der Waals surface area contributed by atoms with Gasteiger partial charge in [-0.1, -0.05) is 12.1 Å². The topological polar surface area (TPSA) is 41.6 Å². The van der Waals surface area contributed by atoms with Gasteiger partial charge in [-0.3, -0.25) is 9.69 Å². The average molecular weight is 320 g/mol. The SMILES string of the molecule is COc1ccc(CN(C)CC(=O)Nc2cc(F)ccc2F)cc1. The molecule has 0 unspecified atom stereocenters. The molecular weight excluding hydrogens is 302 g/mol. The number of amides is 1. The Morgan fingerprint density at radius 3 is 2.52 bits per heavy atom. The summed E-state index contributed by atoms with van der Waals surface area (Å²) in [5.41, 5.74) is 0.853. The Kier molecular flexibility index (Phi) is 5.65. The number of hydrogen-bond acceptors (Lipinski definition) is 3. The van der Waals surface area contributed by atoms with Crippen molar-refractivity contribution in [3.05, 3.63) is 59.7 Å². The molecule has 122 valence electrons. The number of methoxy groups -OCH3 is 1. The monoisotopic (exact) mass is 320 g/mol. The number of anilines is 1. The maximum Gasteiger partial charge on any atom is 0.238 e. The van der Waals surface area contributed by atoms with E-state index in [0.29, 0.717) is 6.54 Å². The van der Waals surface area contributed by atoms with Crippen molar-refractivity contribution >= 4 is 11.6 Å². The zero-order chi connectivity index (χ0) is 16.8. The molecule has 1 N–H and O–H groups in total. The molecule has 23 heavy (non-hydrogen) atoms. The van der Waals surface area contributed by atoms with Gasteiger partial charge < -0.3 is 10.1 Å². The number of halogens is 2. The first-order valence-electron chi connectivity index (χ1n) is 7.04. The first kappa shape index (κ1) is 16.9. The van der Waals surface area contributed by atoms with Gasteiger partial charge in [0, 0.05) is 12.6 Å². The molecule has 0 fully saturated rings. The Morgan fingerprint density at radius 2 is 1.87 bits per heavy atom. The zero-order valence-electron chi connectivity index (χ0n) is 13.0. The van der Waals surface area contributed by atoms with Crippen LogP contribution >= 0.6 is 0 Å². The second-order valence-electron chi connectivity index (χ2n) is 5.19. The van der Waals surface area contributed by atoms with E-state index in [1.807, 2.05) is 24.3 Å². The van der Waals surface area contributed by atoms with E-state index in [-0.39, 0.29) is 12.2 Å². The van der Waals surface area contributed by atoms with Crippen LogP contribution in [0.1, 0.15) is 5.56 Å². The number of rotatable bonds is 6. The third-order valence-corrected chi connectivity index (χ3v) is 3.23. The van der Waals surface area contributed by atoms with E-state index < -0.39 is 17.5 Å². The summed E-state index contributed by atoms with van der Waals surface area (Å²) in [5.74, 6) is -0.924. The molecule has 6 heteroatoms. The van der Waals surface area contributed by atoms with Crippen LogP contribution in [0.25, 0.3) is 0 Å². The van der Waals surface area contributed by atoms with Crippen LogP contribution in [0.3, 0.4) is 0 Å². The molecule has 0 aliphatic rings. The van der Waals surface area contributed by atoms with Gasteiger partial charge in [0.25, 0.3) is 0 Å². The highest BCUT2D eigenvalue weighted by molar-refractivity contribution is 5.92. The van der Waals surface area contributed by atoms with Crippen molar-refractivity contribution < 1.29 is 18.3 Å². The minimum atomic E-state index is -0.669. The number of nitrogens with one attached hydrogen (secondary N) is 1. The summed E-state index contributed by atoms with van der Waals surface area (Å²) in [6.45, 7) is 0.602. The molecule has 0 aromatic heterocycles. The number of ether oxygens (including phenoxy) is 1. The van der Waals surface area contributed by atoms with Crippen LogP contribution in [-0.2, 0) is 11.3 Å². The second-order valence-corrected chi connectivity index (χ2v) is 5.19. The summed E-state index contributed by atoms with van der Waals surface area (Å²) in [5, 5.41) is 2.37. The van der Waals surface area contributed by atoms with Gasteiger partial charge in [0.15, 0.2) is 0 Å². The molecule has 1 amide bonds. The Hall–Kier alpha value is -2.47. The molecule has 2 aromatic carbocycles. The van der Waals surface area contributed by atoms with Crippen LogP contribution in [0, 0.1) is 11.6 Å². The Bertz CT molecular complexity index is 675. The fourth-order valence-electron chi connectivity index (χ4n) is 2.13. The summed E-state index contributed by atoms with van der Waals surface area (Å²) in [4.78, 5) is 13.7. The number of hydrogen-bond donors (Lipinski definition) is 1. The summed E-state index contributed by atoms with van der Waals surface area (Å²) >= 11 is 0. The summed E-state index contributed by atoms with van der Waals surface area (Å²) in [6, 6.07) is 10.4. The van der Waals surface area contributed by atoms with E-state index in [9.17, 15) is 13.6 Å². The average Bonchev–Trinajstić information content (AvgIpc) is 2.51. The van der Waals surface area contributed by atoms with Crippen molar-refractivity contribution in [2.75, 3.05) is 26.0 Å². The van der Waals surface area contributed by atoms with E-state index in [1.54, 1.807) is 19.1 Å². The van der Waals surface area contributed by atoms with Crippen LogP contribution < -0.4 is 10.1 Å². The summed E-state index contributed by atoms with van der Waals surface area (Å²) in [6.07, 6.45) is 0. The summed E-state index contributed by atoms with van der Waals surface area (Å²) in [7, 11) is 3.36. The lowest BCUT2D eigenvalue weighted by Crippen LogP contribution is -2.30. The van der Waals surface area contributed by atoms with Gasteiger partial charge in [-0.15, -0.1) is 0 Å². The van der Waals surface area contributed by atoms with Gasteiger partial charge in [-0.25, -0.2) is 8.78 Å². The lowest BCUT2D eigenvalue weighted by atomic mass is 10.2. The van der Waals surface area contributed by atoms with Crippen molar-refractivity contribution in [1.29, 1.82) is 0 Å².